The number of rotatable bonds is 7. The highest BCUT2D eigenvalue weighted by atomic mass is 32.2. The molecule has 3 aromatic carbocycles. The second kappa shape index (κ2) is 9.28. The Balaban J connectivity index is 1.35. The molecule has 0 aliphatic heterocycles. The predicted molar refractivity (Wildman–Crippen MR) is 116 cm³/mol. The topological polar surface area (TPSA) is 77.2 Å². The Kier molecular flexibility index (Phi) is 6.10. The van der Waals surface area contributed by atoms with Gasteiger partial charge in [-0.1, -0.05) is 35.4 Å². The molecule has 1 N–H and O–H groups in total. The molecular weight excluding hydrogens is 398 g/mol. The van der Waals surface area contributed by atoms with Crippen LogP contribution in [0.4, 0.5) is 6.01 Å². The Morgan fingerprint density at radius 3 is 2.33 bits per heavy atom. The first-order valence-corrected chi connectivity index (χ1v) is 10.5. The van der Waals surface area contributed by atoms with Gasteiger partial charge in [-0.3, -0.25) is 10.1 Å². The van der Waals surface area contributed by atoms with Gasteiger partial charge in [0.1, 0.15) is 11.5 Å². The molecule has 1 amide bonds. The highest BCUT2D eigenvalue weighted by Gasteiger charge is 2.12. The number of hydrogen-bond acceptors (Lipinski definition) is 6. The Morgan fingerprint density at radius 1 is 0.933 bits per heavy atom. The Hall–Kier alpha value is -3.58. The third-order valence-corrected chi connectivity index (χ3v) is 5.04. The van der Waals surface area contributed by atoms with Gasteiger partial charge in [0.25, 0.3) is 5.91 Å². The minimum atomic E-state index is -0.333. The van der Waals surface area contributed by atoms with Crippen molar-refractivity contribution in [2.24, 2.45) is 0 Å². The lowest BCUT2D eigenvalue weighted by Crippen LogP contribution is -2.11. The fourth-order valence-corrected chi connectivity index (χ4v) is 3.17. The van der Waals surface area contributed by atoms with Gasteiger partial charge >= 0.3 is 6.01 Å². The van der Waals surface area contributed by atoms with Crippen LogP contribution in [-0.2, 0) is 6.42 Å². The molecule has 1 aromatic heterocycles. The van der Waals surface area contributed by atoms with Crippen LogP contribution >= 0.6 is 11.8 Å². The summed E-state index contributed by atoms with van der Waals surface area (Å²) in [6, 6.07) is 24.5. The summed E-state index contributed by atoms with van der Waals surface area (Å²) in [5.41, 5.74) is 1.52. The van der Waals surface area contributed by atoms with E-state index in [2.05, 4.69) is 15.5 Å². The van der Waals surface area contributed by atoms with E-state index in [1.165, 1.54) is 4.90 Å². The number of thioether (sulfide) groups is 1. The number of aromatic nitrogens is 2. The number of carbonyl (C=O) groups is 1. The first-order valence-electron chi connectivity index (χ1n) is 9.29. The van der Waals surface area contributed by atoms with Crippen molar-refractivity contribution >= 4 is 23.7 Å². The van der Waals surface area contributed by atoms with E-state index in [0.29, 0.717) is 23.6 Å². The van der Waals surface area contributed by atoms with Crippen molar-refractivity contribution in [2.45, 2.75) is 11.3 Å². The molecule has 0 spiro atoms. The van der Waals surface area contributed by atoms with Crippen LogP contribution in [0.5, 0.6) is 11.5 Å². The van der Waals surface area contributed by atoms with Crippen LogP contribution in [0.2, 0.25) is 0 Å². The molecule has 0 aliphatic carbocycles. The molecule has 0 aliphatic rings. The number of anilines is 1. The zero-order valence-corrected chi connectivity index (χ0v) is 17.1. The van der Waals surface area contributed by atoms with Gasteiger partial charge in [0.05, 0.1) is 6.42 Å². The van der Waals surface area contributed by atoms with E-state index >= 15 is 0 Å². The van der Waals surface area contributed by atoms with Gasteiger partial charge in [0.15, 0.2) is 0 Å². The summed E-state index contributed by atoms with van der Waals surface area (Å²) in [5.74, 6) is 1.48. The van der Waals surface area contributed by atoms with Crippen molar-refractivity contribution in [1.82, 2.24) is 10.2 Å². The van der Waals surface area contributed by atoms with Crippen LogP contribution < -0.4 is 10.1 Å². The zero-order chi connectivity index (χ0) is 20.8. The van der Waals surface area contributed by atoms with E-state index in [1.807, 2.05) is 60.9 Å². The first kappa shape index (κ1) is 19.7. The summed E-state index contributed by atoms with van der Waals surface area (Å²) in [5, 5.41) is 10.5. The van der Waals surface area contributed by atoms with Crippen LogP contribution in [0.3, 0.4) is 0 Å². The maximum atomic E-state index is 12.4. The van der Waals surface area contributed by atoms with Gasteiger partial charge in [0.2, 0.25) is 5.89 Å². The minimum absolute atomic E-state index is 0.0698. The molecular formula is C23H19N3O3S. The molecule has 4 rings (SSSR count). The van der Waals surface area contributed by atoms with E-state index in [-0.39, 0.29) is 11.9 Å². The van der Waals surface area contributed by atoms with E-state index in [9.17, 15) is 4.79 Å². The van der Waals surface area contributed by atoms with Crippen LogP contribution in [0, 0.1) is 0 Å². The second-order valence-electron chi connectivity index (χ2n) is 6.42. The Morgan fingerprint density at radius 2 is 1.63 bits per heavy atom. The van der Waals surface area contributed by atoms with E-state index < -0.39 is 0 Å². The normalized spacial score (nSPS) is 10.6. The number of amides is 1. The average molecular weight is 417 g/mol. The third kappa shape index (κ3) is 5.07. The lowest BCUT2D eigenvalue weighted by molar-refractivity contribution is 0.102. The lowest BCUT2D eigenvalue weighted by atomic mass is 10.1. The summed E-state index contributed by atoms with van der Waals surface area (Å²) in [4.78, 5) is 13.6. The summed E-state index contributed by atoms with van der Waals surface area (Å²) in [7, 11) is 0. The van der Waals surface area contributed by atoms with Gasteiger partial charge in [0, 0.05) is 10.5 Å². The van der Waals surface area contributed by atoms with E-state index in [0.717, 1.165) is 11.3 Å². The van der Waals surface area contributed by atoms with E-state index in [4.69, 9.17) is 9.15 Å². The summed E-state index contributed by atoms with van der Waals surface area (Å²) in [6.45, 7) is 0. The monoisotopic (exact) mass is 417 g/mol. The van der Waals surface area contributed by atoms with Gasteiger partial charge in [-0.15, -0.1) is 16.9 Å². The summed E-state index contributed by atoms with van der Waals surface area (Å²) < 4.78 is 11.3. The molecule has 4 aromatic rings. The standard InChI is InChI=1S/C23H19N3O3S/c1-30-20-13-7-16(8-14-20)15-21-25-26-23(29-21)24-22(27)17-9-11-19(12-10-17)28-18-5-3-2-4-6-18/h2-14H,15H2,1H3,(H,24,26,27). The number of nitrogens with zero attached hydrogens (tertiary/aromatic N) is 2. The predicted octanol–water partition coefficient (Wildman–Crippen LogP) is 5.43. The molecule has 150 valence electrons. The number of nitrogens with one attached hydrogen (secondary N) is 1. The number of hydrogen-bond donors (Lipinski definition) is 1. The molecule has 30 heavy (non-hydrogen) atoms. The van der Waals surface area contributed by atoms with Crippen molar-refractivity contribution in [3.05, 3.63) is 95.9 Å². The fraction of sp³-hybridized carbons (Fsp3) is 0.0870. The highest BCUT2D eigenvalue weighted by Crippen LogP contribution is 2.22. The zero-order valence-electron chi connectivity index (χ0n) is 16.2. The number of carbonyl (C=O) groups excluding carboxylic acids is 1. The molecule has 0 saturated carbocycles. The maximum Gasteiger partial charge on any atom is 0.322 e. The van der Waals surface area contributed by atoms with Crippen molar-refractivity contribution in [2.75, 3.05) is 11.6 Å². The number of benzene rings is 3. The maximum absolute atomic E-state index is 12.4. The van der Waals surface area contributed by atoms with Gasteiger partial charge < -0.3 is 9.15 Å². The van der Waals surface area contributed by atoms with Crippen LogP contribution in [0.25, 0.3) is 0 Å². The summed E-state index contributed by atoms with van der Waals surface area (Å²) in [6.07, 6.45) is 2.54. The van der Waals surface area contributed by atoms with E-state index in [1.54, 1.807) is 36.0 Å². The molecule has 0 atom stereocenters. The van der Waals surface area contributed by atoms with Crippen molar-refractivity contribution in [3.8, 4) is 11.5 Å². The van der Waals surface area contributed by atoms with Crippen molar-refractivity contribution in [1.29, 1.82) is 0 Å². The second-order valence-corrected chi connectivity index (χ2v) is 7.30. The van der Waals surface area contributed by atoms with Crippen LogP contribution in [-0.4, -0.2) is 22.4 Å². The molecule has 0 unspecified atom stereocenters. The fourth-order valence-electron chi connectivity index (χ4n) is 2.76. The Bertz CT molecular complexity index is 1110. The molecule has 7 heteroatoms. The number of para-hydroxylation sites is 1. The van der Waals surface area contributed by atoms with Gasteiger partial charge in [-0.25, -0.2) is 0 Å². The quantitative estimate of drug-likeness (QED) is 0.404. The third-order valence-electron chi connectivity index (χ3n) is 4.30. The highest BCUT2D eigenvalue weighted by molar-refractivity contribution is 7.98. The molecule has 6 nitrogen and oxygen atoms in total. The molecule has 0 fully saturated rings. The van der Waals surface area contributed by atoms with Crippen molar-refractivity contribution < 1.29 is 13.9 Å². The minimum Gasteiger partial charge on any atom is -0.457 e. The Labute approximate surface area is 178 Å². The van der Waals surface area contributed by atoms with Crippen molar-refractivity contribution in [3.63, 3.8) is 0 Å². The number of ether oxygens (including phenoxy) is 1. The summed E-state index contributed by atoms with van der Waals surface area (Å²) >= 11 is 1.69. The molecule has 1 heterocycles. The smallest absolute Gasteiger partial charge is 0.322 e. The first-order chi connectivity index (χ1) is 14.7. The molecule has 0 bridgehead atoms. The average Bonchev–Trinajstić information content (AvgIpc) is 3.22. The van der Waals surface area contributed by atoms with Crippen LogP contribution in [0.1, 0.15) is 21.8 Å². The molecule has 0 saturated heterocycles. The van der Waals surface area contributed by atoms with Gasteiger partial charge in [-0.2, -0.15) is 0 Å². The molecule has 0 radical (unpaired) electrons. The van der Waals surface area contributed by atoms with Crippen LogP contribution in [0.15, 0.2) is 88.2 Å². The van der Waals surface area contributed by atoms with Gasteiger partial charge in [-0.05, 0) is 60.4 Å². The lowest BCUT2D eigenvalue weighted by Gasteiger charge is -2.06. The largest absolute Gasteiger partial charge is 0.457 e. The SMILES string of the molecule is CSc1ccc(Cc2nnc(NC(=O)c3ccc(Oc4ccccc4)cc3)o2)cc1.